The summed E-state index contributed by atoms with van der Waals surface area (Å²) in [4.78, 5) is 65.1. The molecule has 0 aromatic heterocycles. The second-order valence-electron chi connectivity index (χ2n) is 10.3. The highest BCUT2D eigenvalue weighted by molar-refractivity contribution is 8.76. The molecule has 3 amide bonds. The van der Waals surface area contributed by atoms with Crippen LogP contribution in [0.4, 0.5) is 0 Å². The Morgan fingerprint density at radius 3 is 2.54 bits per heavy atom. The zero-order valence-electron chi connectivity index (χ0n) is 22.4. The van der Waals surface area contributed by atoms with Crippen LogP contribution in [0.25, 0.3) is 0 Å². The monoisotopic (exact) mass is 578 g/mol. The van der Waals surface area contributed by atoms with E-state index in [1.807, 2.05) is 30.3 Å². The number of esters is 1. The van der Waals surface area contributed by atoms with E-state index in [0.29, 0.717) is 12.7 Å². The first-order chi connectivity index (χ1) is 18.7. The molecule has 3 rings (SSSR count). The maximum atomic E-state index is 13.6. The Balaban J connectivity index is 1.99. The molecule has 2 aliphatic rings. The van der Waals surface area contributed by atoms with Crippen LogP contribution in [0.5, 0.6) is 0 Å². The standard InChI is InChI=1S/C27H38N4O6S2/c1-18(2)24-26(36)29-21-15-39-38-11-7-6-10-20(12-22(33)30-24)37-23(34)14-28-16-27(17-32,31-25(21)35)13-19-8-4-3-5-9-19/h3-5,8-9,17-18,20-21,24,28H,6-7,10-16H2,1-2H3,(H,29,36)(H,30,33)(H,31,35)/t20-,21-,24?,27+/m1/s1. The number of aldehydes is 1. The van der Waals surface area contributed by atoms with Crippen molar-refractivity contribution < 1.29 is 28.7 Å². The third-order valence-electron chi connectivity index (χ3n) is 6.60. The minimum atomic E-state index is -1.38. The molecule has 4 atom stereocenters. The van der Waals surface area contributed by atoms with E-state index in [0.717, 1.165) is 24.2 Å². The second-order valence-corrected chi connectivity index (χ2v) is 12.9. The Kier molecular flexibility index (Phi) is 12.1. The van der Waals surface area contributed by atoms with Crippen molar-refractivity contribution in [2.75, 3.05) is 24.6 Å². The van der Waals surface area contributed by atoms with Crippen molar-refractivity contribution in [3.05, 3.63) is 35.9 Å². The lowest BCUT2D eigenvalue weighted by Crippen LogP contribution is -2.63. The molecule has 12 heteroatoms. The summed E-state index contributed by atoms with van der Waals surface area (Å²) < 4.78 is 5.65. The number of carbonyl (C=O) groups excluding carboxylic acids is 5. The topological polar surface area (TPSA) is 143 Å². The molecule has 0 radical (unpaired) electrons. The van der Waals surface area contributed by atoms with Crippen LogP contribution in [0.2, 0.25) is 0 Å². The summed E-state index contributed by atoms with van der Waals surface area (Å²) in [6.45, 7) is 3.38. The zero-order valence-corrected chi connectivity index (χ0v) is 24.0. The molecule has 214 valence electrons. The maximum Gasteiger partial charge on any atom is 0.320 e. The van der Waals surface area contributed by atoms with E-state index in [1.165, 1.54) is 10.8 Å². The fraction of sp³-hybridized carbons (Fsp3) is 0.593. The summed E-state index contributed by atoms with van der Waals surface area (Å²) in [5.41, 5.74) is -0.557. The van der Waals surface area contributed by atoms with E-state index in [9.17, 15) is 24.0 Å². The summed E-state index contributed by atoms with van der Waals surface area (Å²) in [5, 5.41) is 11.4. The van der Waals surface area contributed by atoms with Crippen LogP contribution < -0.4 is 21.3 Å². The largest absolute Gasteiger partial charge is 0.461 e. The van der Waals surface area contributed by atoms with Crippen molar-refractivity contribution in [3.63, 3.8) is 0 Å². The van der Waals surface area contributed by atoms with Gasteiger partial charge in [-0.25, -0.2) is 0 Å². The molecule has 4 N–H and O–H groups in total. The third-order valence-corrected chi connectivity index (χ3v) is 9.10. The Morgan fingerprint density at radius 2 is 1.82 bits per heavy atom. The SMILES string of the molecule is CC(C)C1NC(=O)C[C@H]2CCCCSSC[C@@H](NC1=O)C(=O)N[C@@](C=O)(Cc1ccccc1)CNCC(=O)O2. The van der Waals surface area contributed by atoms with Crippen LogP contribution in [-0.2, 0) is 35.1 Å². The molecule has 10 nitrogen and oxygen atoms in total. The Bertz CT molecular complexity index is 1010. The highest BCUT2D eigenvalue weighted by Gasteiger charge is 2.37. The van der Waals surface area contributed by atoms with Gasteiger partial charge >= 0.3 is 5.97 Å². The smallest absolute Gasteiger partial charge is 0.320 e. The zero-order chi connectivity index (χ0) is 28.3. The van der Waals surface area contributed by atoms with Gasteiger partial charge in [0.25, 0.3) is 0 Å². The summed E-state index contributed by atoms with van der Waals surface area (Å²) in [7, 11) is 3.06. The van der Waals surface area contributed by atoms with Gasteiger partial charge in [-0.3, -0.25) is 19.2 Å². The molecule has 1 unspecified atom stereocenters. The van der Waals surface area contributed by atoms with Gasteiger partial charge in [-0.1, -0.05) is 65.8 Å². The summed E-state index contributed by atoms with van der Waals surface area (Å²) in [6, 6.07) is 7.42. The lowest BCUT2D eigenvalue weighted by atomic mass is 9.91. The predicted octanol–water partition coefficient (Wildman–Crippen LogP) is 1.38. The summed E-state index contributed by atoms with van der Waals surface area (Å²) >= 11 is 0. The number of hydrogen-bond donors (Lipinski definition) is 4. The average molecular weight is 579 g/mol. The lowest BCUT2D eigenvalue weighted by molar-refractivity contribution is -0.150. The summed E-state index contributed by atoms with van der Waals surface area (Å²) in [6.07, 6.45) is 2.26. The normalized spacial score (nSPS) is 28.4. The summed E-state index contributed by atoms with van der Waals surface area (Å²) in [5.74, 6) is -1.15. The fourth-order valence-electron chi connectivity index (χ4n) is 4.50. The van der Waals surface area contributed by atoms with Crippen molar-refractivity contribution in [3.8, 4) is 0 Å². The Hall–Kier alpha value is -2.57. The van der Waals surface area contributed by atoms with Crippen LogP contribution in [-0.4, -0.2) is 78.3 Å². The predicted molar refractivity (Wildman–Crippen MR) is 152 cm³/mol. The van der Waals surface area contributed by atoms with Gasteiger partial charge in [-0.2, -0.15) is 0 Å². The van der Waals surface area contributed by atoms with Gasteiger partial charge in [0.2, 0.25) is 17.7 Å². The molecule has 2 saturated heterocycles. The number of carbonyl (C=O) groups is 5. The van der Waals surface area contributed by atoms with Crippen LogP contribution in [0.15, 0.2) is 30.3 Å². The van der Waals surface area contributed by atoms with Crippen molar-refractivity contribution in [2.45, 2.75) is 69.7 Å². The van der Waals surface area contributed by atoms with Crippen molar-refractivity contribution in [2.24, 2.45) is 5.92 Å². The minimum Gasteiger partial charge on any atom is -0.461 e. The van der Waals surface area contributed by atoms with Gasteiger partial charge in [0.1, 0.15) is 30.0 Å². The van der Waals surface area contributed by atoms with Crippen molar-refractivity contribution >= 4 is 51.6 Å². The van der Waals surface area contributed by atoms with Gasteiger partial charge < -0.3 is 30.8 Å². The molecule has 0 aliphatic carbocycles. The number of hydrogen-bond acceptors (Lipinski definition) is 9. The quantitative estimate of drug-likeness (QED) is 0.237. The number of nitrogens with one attached hydrogen (secondary N) is 4. The van der Waals surface area contributed by atoms with E-state index in [1.54, 1.807) is 24.6 Å². The number of amides is 3. The van der Waals surface area contributed by atoms with Crippen molar-refractivity contribution in [1.82, 2.24) is 21.3 Å². The molecule has 2 bridgehead atoms. The molecular weight excluding hydrogens is 540 g/mol. The molecule has 1 aromatic rings. The molecule has 1 aromatic carbocycles. The molecule has 2 aliphatic heterocycles. The molecule has 39 heavy (non-hydrogen) atoms. The molecule has 2 heterocycles. The first-order valence-electron chi connectivity index (χ1n) is 13.3. The van der Waals surface area contributed by atoms with Gasteiger partial charge in [0.15, 0.2) is 0 Å². The molecule has 2 fully saturated rings. The minimum absolute atomic E-state index is 0.0332. The van der Waals surface area contributed by atoms with E-state index >= 15 is 0 Å². The molecule has 0 saturated carbocycles. The van der Waals surface area contributed by atoms with E-state index in [4.69, 9.17) is 4.74 Å². The number of rotatable bonds is 4. The van der Waals surface area contributed by atoms with Gasteiger partial charge in [-0.15, -0.1) is 0 Å². The van der Waals surface area contributed by atoms with Crippen LogP contribution >= 0.6 is 21.6 Å². The molecule has 0 spiro atoms. The second kappa shape index (κ2) is 15.3. The van der Waals surface area contributed by atoms with E-state index in [2.05, 4.69) is 21.3 Å². The first-order valence-corrected chi connectivity index (χ1v) is 15.8. The lowest BCUT2D eigenvalue weighted by Gasteiger charge is -2.33. The number of ether oxygens (including phenoxy) is 1. The number of fused-ring (bicyclic) bond motifs is 7. The van der Waals surface area contributed by atoms with Crippen LogP contribution in [0.3, 0.4) is 0 Å². The molecular formula is C27H38N4O6S2. The van der Waals surface area contributed by atoms with E-state index in [-0.39, 0.29) is 37.6 Å². The third kappa shape index (κ3) is 9.84. The maximum absolute atomic E-state index is 13.6. The van der Waals surface area contributed by atoms with Gasteiger partial charge in [0.05, 0.1) is 13.0 Å². The van der Waals surface area contributed by atoms with Crippen molar-refractivity contribution in [1.29, 1.82) is 0 Å². The van der Waals surface area contributed by atoms with Gasteiger partial charge in [0, 0.05) is 24.5 Å². The van der Waals surface area contributed by atoms with Crippen LogP contribution in [0.1, 0.15) is 45.1 Å². The number of benzene rings is 1. The van der Waals surface area contributed by atoms with E-state index < -0.39 is 47.4 Å². The van der Waals surface area contributed by atoms with Gasteiger partial charge in [-0.05, 0) is 30.7 Å². The first kappa shape index (κ1) is 31.0. The average Bonchev–Trinajstić information content (AvgIpc) is 2.89. The Labute approximate surface area is 237 Å². The Morgan fingerprint density at radius 1 is 1.05 bits per heavy atom. The highest BCUT2D eigenvalue weighted by Crippen LogP contribution is 2.25. The highest BCUT2D eigenvalue weighted by atomic mass is 33.1. The van der Waals surface area contributed by atoms with Crippen LogP contribution in [0, 0.1) is 5.92 Å². The fourth-order valence-corrected chi connectivity index (χ4v) is 6.81.